The van der Waals surface area contributed by atoms with Crippen LogP contribution < -0.4 is 5.32 Å². The van der Waals surface area contributed by atoms with Crippen LogP contribution in [0.3, 0.4) is 0 Å². The monoisotopic (exact) mass is 271 g/mol. The molecule has 4 nitrogen and oxygen atoms in total. The maximum Gasteiger partial charge on any atom is 0.306 e. The van der Waals surface area contributed by atoms with Gasteiger partial charge in [-0.25, -0.2) is 0 Å². The molecule has 1 N–H and O–H groups in total. The Morgan fingerprint density at radius 1 is 1.16 bits per heavy atom. The fraction of sp³-hybridized carbons (Fsp3) is 0.867. The zero-order valence-electron chi connectivity index (χ0n) is 13.2. The van der Waals surface area contributed by atoms with Crippen LogP contribution in [0.15, 0.2) is 0 Å². The van der Waals surface area contributed by atoms with Gasteiger partial charge in [0.15, 0.2) is 0 Å². The minimum absolute atomic E-state index is 0.0818. The van der Waals surface area contributed by atoms with Crippen molar-refractivity contribution in [1.29, 1.82) is 0 Å². The Bertz CT molecular complexity index is 294. The van der Waals surface area contributed by atoms with Crippen molar-refractivity contribution >= 4 is 11.9 Å². The van der Waals surface area contributed by atoms with E-state index in [0.29, 0.717) is 5.92 Å². The van der Waals surface area contributed by atoms with Crippen LogP contribution in [0, 0.1) is 5.92 Å². The van der Waals surface area contributed by atoms with E-state index in [-0.39, 0.29) is 30.8 Å². The maximum absolute atomic E-state index is 11.7. The summed E-state index contributed by atoms with van der Waals surface area (Å²) in [6.07, 6.45) is 2.41. The lowest BCUT2D eigenvalue weighted by atomic mass is 10.0. The Morgan fingerprint density at radius 3 is 2.21 bits per heavy atom. The molecule has 2 unspecified atom stereocenters. The third kappa shape index (κ3) is 10.5. The maximum atomic E-state index is 11.7. The molecule has 0 bridgehead atoms. The predicted octanol–water partition coefficient (Wildman–Crippen LogP) is 3.05. The van der Waals surface area contributed by atoms with Gasteiger partial charge in [-0.3, -0.25) is 9.59 Å². The lowest BCUT2D eigenvalue weighted by Crippen LogP contribution is -2.34. The van der Waals surface area contributed by atoms with Crippen LogP contribution in [-0.2, 0) is 14.3 Å². The molecule has 0 radical (unpaired) electrons. The van der Waals surface area contributed by atoms with E-state index in [1.54, 1.807) is 0 Å². The van der Waals surface area contributed by atoms with E-state index < -0.39 is 5.60 Å². The number of hydrogen-bond donors (Lipinski definition) is 1. The standard InChI is InChI=1S/C15H29NO3/c1-7-11(2)10-12(3)16-13(17)8-9-14(18)19-15(4,5)6/h11-12H,7-10H2,1-6H3,(H,16,17). The number of carbonyl (C=O) groups excluding carboxylic acids is 2. The van der Waals surface area contributed by atoms with Crippen molar-refractivity contribution in [3.05, 3.63) is 0 Å². The molecule has 0 aliphatic heterocycles. The lowest BCUT2D eigenvalue weighted by molar-refractivity contribution is -0.155. The van der Waals surface area contributed by atoms with Gasteiger partial charge in [0.05, 0.1) is 6.42 Å². The summed E-state index contributed by atoms with van der Waals surface area (Å²) in [6.45, 7) is 11.8. The van der Waals surface area contributed by atoms with Crippen molar-refractivity contribution in [1.82, 2.24) is 5.32 Å². The van der Waals surface area contributed by atoms with Gasteiger partial charge in [0.2, 0.25) is 5.91 Å². The largest absolute Gasteiger partial charge is 0.460 e. The molecule has 0 rings (SSSR count). The molecule has 4 heteroatoms. The van der Waals surface area contributed by atoms with Crippen LogP contribution in [0.5, 0.6) is 0 Å². The number of ether oxygens (including phenoxy) is 1. The first-order valence-electron chi connectivity index (χ1n) is 7.15. The fourth-order valence-electron chi connectivity index (χ4n) is 1.78. The Labute approximate surface area is 117 Å². The molecular formula is C15H29NO3. The molecule has 0 fully saturated rings. The smallest absolute Gasteiger partial charge is 0.306 e. The van der Waals surface area contributed by atoms with Gasteiger partial charge >= 0.3 is 5.97 Å². The zero-order chi connectivity index (χ0) is 15.1. The van der Waals surface area contributed by atoms with E-state index in [2.05, 4.69) is 19.2 Å². The summed E-state index contributed by atoms with van der Waals surface area (Å²) < 4.78 is 5.16. The summed E-state index contributed by atoms with van der Waals surface area (Å²) in [5.41, 5.74) is -0.489. The van der Waals surface area contributed by atoms with Crippen LogP contribution in [0.25, 0.3) is 0 Å². The third-order valence-electron chi connectivity index (χ3n) is 2.84. The molecule has 112 valence electrons. The van der Waals surface area contributed by atoms with E-state index in [1.807, 2.05) is 27.7 Å². The van der Waals surface area contributed by atoms with Crippen LogP contribution in [-0.4, -0.2) is 23.5 Å². The number of carbonyl (C=O) groups is 2. The number of amides is 1. The summed E-state index contributed by atoms with van der Waals surface area (Å²) in [5, 5.41) is 2.92. The average Bonchev–Trinajstić information content (AvgIpc) is 2.23. The van der Waals surface area contributed by atoms with Gasteiger partial charge in [0, 0.05) is 12.5 Å². The second-order valence-corrected chi connectivity index (χ2v) is 6.30. The summed E-state index contributed by atoms with van der Waals surface area (Å²) >= 11 is 0. The van der Waals surface area contributed by atoms with Gasteiger partial charge in [0.1, 0.15) is 5.60 Å². The SMILES string of the molecule is CCC(C)CC(C)NC(=O)CCC(=O)OC(C)(C)C. The highest BCUT2D eigenvalue weighted by Gasteiger charge is 2.17. The Morgan fingerprint density at radius 2 is 1.74 bits per heavy atom. The topological polar surface area (TPSA) is 55.4 Å². The number of nitrogens with one attached hydrogen (secondary N) is 1. The molecule has 1 amide bonds. The first kappa shape index (κ1) is 17.9. The fourth-order valence-corrected chi connectivity index (χ4v) is 1.78. The van der Waals surface area contributed by atoms with Crippen molar-refractivity contribution < 1.29 is 14.3 Å². The highest BCUT2D eigenvalue weighted by Crippen LogP contribution is 2.11. The van der Waals surface area contributed by atoms with E-state index in [0.717, 1.165) is 12.8 Å². The second kappa shape index (κ2) is 8.18. The Hall–Kier alpha value is -1.06. The van der Waals surface area contributed by atoms with Crippen molar-refractivity contribution in [2.45, 2.75) is 78.9 Å². The van der Waals surface area contributed by atoms with E-state index in [4.69, 9.17) is 4.74 Å². The highest BCUT2D eigenvalue weighted by atomic mass is 16.6. The normalized spacial score (nSPS) is 14.6. The predicted molar refractivity (Wildman–Crippen MR) is 76.8 cm³/mol. The molecule has 0 saturated heterocycles. The van der Waals surface area contributed by atoms with E-state index in [9.17, 15) is 9.59 Å². The lowest BCUT2D eigenvalue weighted by Gasteiger charge is -2.20. The molecule has 2 atom stereocenters. The minimum atomic E-state index is -0.489. The van der Waals surface area contributed by atoms with Crippen molar-refractivity contribution in [3.63, 3.8) is 0 Å². The molecule has 0 spiro atoms. The minimum Gasteiger partial charge on any atom is -0.460 e. The third-order valence-corrected chi connectivity index (χ3v) is 2.84. The first-order valence-corrected chi connectivity index (χ1v) is 7.15. The van der Waals surface area contributed by atoms with Gasteiger partial charge in [-0.05, 0) is 40.0 Å². The molecule has 0 aromatic carbocycles. The summed E-state index contributed by atoms with van der Waals surface area (Å²) in [5.74, 6) is 0.194. The number of esters is 1. The molecule has 0 aromatic heterocycles. The number of hydrogen-bond acceptors (Lipinski definition) is 3. The van der Waals surface area contributed by atoms with E-state index >= 15 is 0 Å². The van der Waals surface area contributed by atoms with Crippen LogP contribution in [0.4, 0.5) is 0 Å². The summed E-state index contributed by atoms with van der Waals surface area (Å²) in [7, 11) is 0. The van der Waals surface area contributed by atoms with Gasteiger partial charge in [0.25, 0.3) is 0 Å². The van der Waals surface area contributed by atoms with Crippen molar-refractivity contribution in [2.75, 3.05) is 0 Å². The van der Waals surface area contributed by atoms with Gasteiger partial charge in [-0.15, -0.1) is 0 Å². The zero-order valence-corrected chi connectivity index (χ0v) is 13.2. The molecule has 0 aromatic rings. The molecular weight excluding hydrogens is 242 g/mol. The molecule has 0 saturated carbocycles. The van der Waals surface area contributed by atoms with Gasteiger partial charge in [-0.1, -0.05) is 20.3 Å². The average molecular weight is 271 g/mol. The summed E-state index contributed by atoms with van der Waals surface area (Å²) in [4.78, 5) is 23.1. The molecule has 19 heavy (non-hydrogen) atoms. The highest BCUT2D eigenvalue weighted by molar-refractivity contribution is 5.81. The van der Waals surface area contributed by atoms with Gasteiger partial charge in [-0.2, -0.15) is 0 Å². The van der Waals surface area contributed by atoms with Crippen LogP contribution in [0.1, 0.15) is 67.2 Å². The Kier molecular flexibility index (Phi) is 7.72. The Balaban J connectivity index is 3.90. The first-order chi connectivity index (χ1) is 8.64. The van der Waals surface area contributed by atoms with E-state index in [1.165, 1.54) is 0 Å². The van der Waals surface area contributed by atoms with Crippen molar-refractivity contribution in [3.8, 4) is 0 Å². The van der Waals surface area contributed by atoms with Crippen molar-refractivity contribution in [2.24, 2.45) is 5.92 Å². The molecule has 0 heterocycles. The number of rotatable bonds is 7. The quantitative estimate of drug-likeness (QED) is 0.724. The second-order valence-electron chi connectivity index (χ2n) is 6.30. The molecule has 0 aliphatic rings. The van der Waals surface area contributed by atoms with Crippen LogP contribution >= 0.6 is 0 Å². The summed E-state index contributed by atoms with van der Waals surface area (Å²) in [6, 6.07) is 0.154. The van der Waals surface area contributed by atoms with Gasteiger partial charge < -0.3 is 10.1 Å². The van der Waals surface area contributed by atoms with Crippen LogP contribution in [0.2, 0.25) is 0 Å². The molecule has 0 aliphatic carbocycles.